The highest BCUT2D eigenvalue weighted by Crippen LogP contribution is 2.33. The molecule has 1 aliphatic heterocycles. The van der Waals surface area contributed by atoms with Gasteiger partial charge in [0, 0.05) is 31.2 Å². The van der Waals surface area contributed by atoms with Crippen LogP contribution in [0.15, 0.2) is 28.7 Å². The van der Waals surface area contributed by atoms with Crippen LogP contribution in [0.1, 0.15) is 46.6 Å². The van der Waals surface area contributed by atoms with Crippen molar-refractivity contribution in [3.05, 3.63) is 34.3 Å². The quantitative estimate of drug-likeness (QED) is 0.282. The fraction of sp³-hybridized carbons (Fsp3) is 0.550. The third-order valence-corrected chi connectivity index (χ3v) is 4.93. The van der Waals surface area contributed by atoms with Crippen LogP contribution in [0, 0.1) is 5.92 Å². The van der Waals surface area contributed by atoms with Crippen LogP contribution in [0.25, 0.3) is 0 Å². The standard InChI is InChI=1S/C20H26BrNO6S/c1-18(2,3)28-17(25)22-20(29,10-12-6-8-13(21)9-7-12)11-14-15(23)26-19(4,5)27-16(14)24/h6-9,14,29H,10-11H2,1-5H3,(H,22,25)/t20-/m1/s1. The second-order valence-corrected chi connectivity index (χ2v) is 10.2. The summed E-state index contributed by atoms with van der Waals surface area (Å²) in [6.07, 6.45) is -0.593. The van der Waals surface area contributed by atoms with Crippen LogP contribution in [0.2, 0.25) is 0 Å². The van der Waals surface area contributed by atoms with E-state index < -0.39 is 40.2 Å². The lowest BCUT2D eigenvalue weighted by Gasteiger charge is -2.37. The molecule has 1 heterocycles. The Morgan fingerprint density at radius 1 is 1.17 bits per heavy atom. The maximum Gasteiger partial charge on any atom is 0.408 e. The second kappa shape index (κ2) is 8.55. The number of rotatable bonds is 5. The first-order valence-electron chi connectivity index (χ1n) is 9.12. The van der Waals surface area contributed by atoms with Gasteiger partial charge in [0.15, 0.2) is 5.92 Å². The lowest BCUT2D eigenvalue weighted by atomic mass is 9.93. The number of thiol groups is 1. The molecule has 0 aliphatic carbocycles. The summed E-state index contributed by atoms with van der Waals surface area (Å²) < 4.78 is 16.6. The number of carbonyl (C=O) groups excluding carboxylic acids is 3. The number of halogens is 1. The molecule has 160 valence electrons. The molecule has 7 nitrogen and oxygen atoms in total. The van der Waals surface area contributed by atoms with Crippen LogP contribution in [-0.4, -0.2) is 34.3 Å². The normalized spacial score (nSPS) is 19.0. The Morgan fingerprint density at radius 3 is 2.17 bits per heavy atom. The third-order valence-electron chi connectivity index (χ3n) is 3.95. The van der Waals surface area contributed by atoms with Crippen molar-refractivity contribution in [2.45, 2.75) is 63.7 Å². The Balaban J connectivity index is 2.25. The van der Waals surface area contributed by atoms with Crippen LogP contribution in [0.4, 0.5) is 4.79 Å². The molecule has 0 bridgehead atoms. The van der Waals surface area contributed by atoms with Crippen LogP contribution in [0.5, 0.6) is 0 Å². The van der Waals surface area contributed by atoms with E-state index in [1.54, 1.807) is 20.8 Å². The lowest BCUT2D eigenvalue weighted by Crippen LogP contribution is -2.53. The molecule has 29 heavy (non-hydrogen) atoms. The zero-order valence-corrected chi connectivity index (χ0v) is 19.6. The molecule has 0 saturated carbocycles. The summed E-state index contributed by atoms with van der Waals surface area (Å²) in [5.74, 6) is -3.97. The zero-order chi connectivity index (χ0) is 22.0. The molecular formula is C20H26BrNO6S. The SMILES string of the molecule is CC(C)(C)OC(=O)N[C@@](S)(Cc1ccc(Br)cc1)CC1C(=O)OC(C)(C)OC1=O. The lowest BCUT2D eigenvalue weighted by molar-refractivity contribution is -0.240. The van der Waals surface area contributed by atoms with E-state index in [-0.39, 0.29) is 12.8 Å². The first-order chi connectivity index (χ1) is 13.2. The summed E-state index contributed by atoms with van der Waals surface area (Å²) >= 11 is 8.01. The molecule has 0 aromatic heterocycles. The Hall–Kier alpha value is -1.74. The van der Waals surface area contributed by atoms with Crippen molar-refractivity contribution >= 4 is 46.6 Å². The monoisotopic (exact) mass is 487 g/mol. The van der Waals surface area contributed by atoms with Crippen LogP contribution < -0.4 is 5.32 Å². The molecule has 1 N–H and O–H groups in total. The molecular weight excluding hydrogens is 462 g/mol. The van der Waals surface area contributed by atoms with Gasteiger partial charge in [0.1, 0.15) is 5.60 Å². The number of benzene rings is 1. The van der Waals surface area contributed by atoms with Crippen molar-refractivity contribution in [2.75, 3.05) is 0 Å². The Bertz CT molecular complexity index is 769. The smallest absolute Gasteiger partial charge is 0.408 e. The van der Waals surface area contributed by atoms with Gasteiger partial charge in [-0.3, -0.25) is 9.59 Å². The maximum atomic E-state index is 12.4. The highest BCUT2D eigenvalue weighted by Gasteiger charge is 2.47. The van der Waals surface area contributed by atoms with Crippen molar-refractivity contribution in [3.8, 4) is 0 Å². The number of nitrogens with one attached hydrogen (secondary N) is 1. The minimum Gasteiger partial charge on any atom is -0.444 e. The van der Waals surface area contributed by atoms with Gasteiger partial charge < -0.3 is 19.5 Å². The third kappa shape index (κ3) is 7.22. The molecule has 1 fully saturated rings. The van der Waals surface area contributed by atoms with Gasteiger partial charge in [-0.2, -0.15) is 12.6 Å². The van der Waals surface area contributed by atoms with E-state index in [4.69, 9.17) is 14.2 Å². The van der Waals surface area contributed by atoms with Crippen molar-refractivity contribution in [1.29, 1.82) is 0 Å². The number of alkyl carbamates (subject to hydrolysis) is 1. The molecule has 9 heteroatoms. The van der Waals surface area contributed by atoms with Gasteiger partial charge in [-0.1, -0.05) is 28.1 Å². The molecule has 0 unspecified atom stereocenters. The number of carbonyl (C=O) groups is 3. The number of ether oxygens (including phenoxy) is 3. The molecule has 1 aromatic rings. The van der Waals surface area contributed by atoms with Crippen LogP contribution in [-0.2, 0) is 30.2 Å². The summed E-state index contributed by atoms with van der Waals surface area (Å²) in [4.78, 5) is 35.9. The second-order valence-electron chi connectivity index (χ2n) is 8.46. The van der Waals surface area contributed by atoms with Gasteiger partial charge in [0.05, 0.1) is 4.87 Å². The predicted molar refractivity (Wildman–Crippen MR) is 113 cm³/mol. The molecule has 1 aliphatic rings. The summed E-state index contributed by atoms with van der Waals surface area (Å²) in [7, 11) is 0. The van der Waals surface area contributed by atoms with Gasteiger partial charge >= 0.3 is 18.0 Å². The number of esters is 2. The fourth-order valence-corrected chi connectivity index (χ4v) is 3.57. The van der Waals surface area contributed by atoms with Gasteiger partial charge in [0.2, 0.25) is 0 Å². The first kappa shape index (κ1) is 23.5. The van der Waals surface area contributed by atoms with Crippen molar-refractivity contribution in [2.24, 2.45) is 5.92 Å². The minimum atomic E-state index is -1.33. The summed E-state index contributed by atoms with van der Waals surface area (Å²) in [5.41, 5.74) is 0.125. The molecule has 1 aromatic carbocycles. The first-order valence-corrected chi connectivity index (χ1v) is 10.4. The van der Waals surface area contributed by atoms with Crippen LogP contribution >= 0.6 is 28.6 Å². The highest BCUT2D eigenvalue weighted by molar-refractivity contribution is 9.10. The number of hydrogen-bond donors (Lipinski definition) is 2. The molecule has 2 rings (SSSR count). The minimum absolute atomic E-state index is 0.126. The summed E-state index contributed by atoms with van der Waals surface area (Å²) in [5, 5.41) is 2.70. The van der Waals surface area contributed by atoms with Gasteiger partial charge in [0.25, 0.3) is 5.79 Å². The van der Waals surface area contributed by atoms with Crippen molar-refractivity contribution in [3.63, 3.8) is 0 Å². The Labute approximate surface area is 184 Å². The zero-order valence-electron chi connectivity index (χ0n) is 17.1. The Kier molecular flexibility index (Phi) is 6.94. The topological polar surface area (TPSA) is 90.9 Å². The van der Waals surface area contributed by atoms with E-state index in [0.717, 1.165) is 10.0 Å². The van der Waals surface area contributed by atoms with Crippen molar-refractivity contribution < 1.29 is 28.6 Å². The maximum absolute atomic E-state index is 12.4. The van der Waals surface area contributed by atoms with E-state index in [0.29, 0.717) is 0 Å². The van der Waals surface area contributed by atoms with Gasteiger partial charge in [-0.25, -0.2) is 4.79 Å². The largest absolute Gasteiger partial charge is 0.444 e. The van der Waals surface area contributed by atoms with E-state index in [1.165, 1.54) is 13.8 Å². The summed E-state index contributed by atoms with van der Waals surface area (Å²) in [6, 6.07) is 7.41. The van der Waals surface area contributed by atoms with E-state index in [1.807, 2.05) is 24.3 Å². The van der Waals surface area contributed by atoms with E-state index in [9.17, 15) is 14.4 Å². The predicted octanol–water partition coefficient (Wildman–Crippen LogP) is 3.98. The van der Waals surface area contributed by atoms with Crippen molar-refractivity contribution in [1.82, 2.24) is 5.32 Å². The average Bonchev–Trinajstić information content (AvgIpc) is 2.50. The van der Waals surface area contributed by atoms with Gasteiger partial charge in [-0.05, 0) is 38.5 Å². The molecule has 1 atom stereocenters. The van der Waals surface area contributed by atoms with E-state index >= 15 is 0 Å². The molecule has 0 radical (unpaired) electrons. The summed E-state index contributed by atoms with van der Waals surface area (Å²) in [6.45, 7) is 8.17. The number of amides is 1. The number of hydrogen-bond acceptors (Lipinski definition) is 7. The molecule has 0 spiro atoms. The Morgan fingerprint density at radius 2 is 1.69 bits per heavy atom. The van der Waals surface area contributed by atoms with E-state index in [2.05, 4.69) is 33.9 Å². The molecule has 1 amide bonds. The fourth-order valence-electron chi connectivity index (χ4n) is 2.85. The average molecular weight is 488 g/mol. The van der Waals surface area contributed by atoms with Crippen LogP contribution in [0.3, 0.4) is 0 Å². The number of cyclic esters (lactones) is 2. The van der Waals surface area contributed by atoms with Gasteiger partial charge in [-0.15, -0.1) is 0 Å². The molecule has 1 saturated heterocycles. The highest BCUT2D eigenvalue weighted by atomic mass is 79.9.